The van der Waals surface area contributed by atoms with E-state index < -0.39 is 0 Å². The Morgan fingerprint density at radius 2 is 1.71 bits per heavy atom. The second-order valence-electron chi connectivity index (χ2n) is 3.65. The van der Waals surface area contributed by atoms with Gasteiger partial charge in [0.2, 0.25) is 5.28 Å². The molecule has 0 spiro atoms. The van der Waals surface area contributed by atoms with Crippen LogP contribution in [0.1, 0.15) is 37.7 Å². The summed E-state index contributed by atoms with van der Waals surface area (Å²) in [5, 5.41) is 0.316. The number of hydrogen-bond acceptors (Lipinski definition) is 2. The van der Waals surface area contributed by atoms with Gasteiger partial charge in [0.15, 0.2) is 0 Å². The van der Waals surface area contributed by atoms with Crippen molar-refractivity contribution in [2.24, 2.45) is 0 Å². The molecule has 0 aliphatic heterocycles. The third kappa shape index (κ3) is 2.55. The zero-order valence-corrected chi connectivity index (χ0v) is 8.80. The highest BCUT2D eigenvalue weighted by atomic mass is 35.5. The van der Waals surface area contributed by atoms with Crippen LogP contribution in [-0.4, -0.2) is 9.97 Å². The smallest absolute Gasteiger partial charge is 0.222 e. The summed E-state index contributed by atoms with van der Waals surface area (Å²) in [5.41, 5.74) is 2.58. The monoisotopic (exact) mass is 208 g/mol. The van der Waals surface area contributed by atoms with E-state index in [0.29, 0.717) is 5.28 Å². The van der Waals surface area contributed by atoms with Crippen LogP contribution in [0, 0.1) is 0 Å². The fraction of sp³-hybridized carbons (Fsp3) is 0.455. The van der Waals surface area contributed by atoms with Gasteiger partial charge in [-0.1, -0.05) is 18.1 Å². The van der Waals surface area contributed by atoms with Gasteiger partial charge in [0.05, 0.1) is 0 Å². The first-order chi connectivity index (χ1) is 6.84. The van der Waals surface area contributed by atoms with Crippen molar-refractivity contribution in [1.29, 1.82) is 0 Å². The van der Waals surface area contributed by atoms with Crippen molar-refractivity contribution < 1.29 is 0 Å². The molecule has 0 radical (unpaired) electrons. The molecule has 0 amide bonds. The van der Waals surface area contributed by atoms with Gasteiger partial charge in [0.25, 0.3) is 0 Å². The molecule has 2 nitrogen and oxygen atoms in total. The first-order valence-corrected chi connectivity index (χ1v) is 5.39. The molecule has 0 aromatic carbocycles. The van der Waals surface area contributed by atoms with E-state index in [2.05, 4.69) is 16.0 Å². The summed E-state index contributed by atoms with van der Waals surface area (Å²) in [7, 11) is 0. The van der Waals surface area contributed by atoms with E-state index in [4.69, 9.17) is 11.6 Å². The Hall–Kier alpha value is -0.890. The largest absolute Gasteiger partial charge is 0.226 e. The number of aromatic nitrogens is 2. The fourth-order valence-electron chi connectivity index (χ4n) is 1.78. The molecule has 1 aromatic rings. The predicted molar refractivity (Wildman–Crippen MR) is 58.1 cm³/mol. The molecular formula is C11H13ClN2. The minimum atomic E-state index is 0.316. The highest BCUT2D eigenvalue weighted by Gasteiger charge is 2.05. The molecule has 74 valence electrons. The average molecular weight is 209 g/mol. The van der Waals surface area contributed by atoms with E-state index in [0.717, 1.165) is 5.56 Å². The van der Waals surface area contributed by atoms with E-state index in [1.807, 2.05) is 0 Å². The maximum absolute atomic E-state index is 5.61. The molecule has 3 heteroatoms. The number of halogens is 1. The van der Waals surface area contributed by atoms with Crippen molar-refractivity contribution in [2.75, 3.05) is 0 Å². The second kappa shape index (κ2) is 4.56. The Bertz CT molecular complexity index is 322. The van der Waals surface area contributed by atoms with Crippen molar-refractivity contribution in [3.63, 3.8) is 0 Å². The van der Waals surface area contributed by atoms with Crippen molar-refractivity contribution >= 4 is 17.7 Å². The summed E-state index contributed by atoms with van der Waals surface area (Å²) in [5.74, 6) is 0. The quantitative estimate of drug-likeness (QED) is 0.661. The molecule has 2 rings (SSSR count). The molecule has 1 saturated carbocycles. The Morgan fingerprint density at radius 3 is 2.36 bits per heavy atom. The zero-order valence-electron chi connectivity index (χ0n) is 8.04. The fourth-order valence-corrected chi connectivity index (χ4v) is 1.88. The molecular weight excluding hydrogens is 196 g/mol. The summed E-state index contributed by atoms with van der Waals surface area (Å²) in [4.78, 5) is 7.91. The lowest BCUT2D eigenvalue weighted by Gasteiger charge is -2.12. The van der Waals surface area contributed by atoms with Crippen LogP contribution in [-0.2, 0) is 0 Å². The molecule has 1 fully saturated rings. The number of allylic oxidation sites excluding steroid dienone is 1. The van der Waals surface area contributed by atoms with Crippen LogP contribution >= 0.6 is 11.6 Å². The molecule has 1 aliphatic carbocycles. The second-order valence-corrected chi connectivity index (χ2v) is 3.99. The predicted octanol–water partition coefficient (Wildman–Crippen LogP) is 3.48. The summed E-state index contributed by atoms with van der Waals surface area (Å²) in [6.07, 6.45) is 12.2. The van der Waals surface area contributed by atoms with Gasteiger partial charge in [-0.2, -0.15) is 0 Å². The highest BCUT2D eigenvalue weighted by Crippen LogP contribution is 2.24. The molecule has 0 N–H and O–H groups in total. The van der Waals surface area contributed by atoms with Crippen LogP contribution in [0.15, 0.2) is 18.0 Å². The Labute approximate surface area is 89.0 Å². The topological polar surface area (TPSA) is 25.8 Å². The summed E-state index contributed by atoms with van der Waals surface area (Å²) >= 11 is 5.61. The van der Waals surface area contributed by atoms with Crippen LogP contribution in [0.3, 0.4) is 0 Å². The maximum Gasteiger partial charge on any atom is 0.222 e. The molecule has 0 atom stereocenters. The van der Waals surface area contributed by atoms with Gasteiger partial charge in [0, 0.05) is 18.0 Å². The Kier molecular flexibility index (Phi) is 3.14. The van der Waals surface area contributed by atoms with Crippen LogP contribution in [0.25, 0.3) is 6.08 Å². The van der Waals surface area contributed by atoms with Gasteiger partial charge < -0.3 is 0 Å². The third-order valence-electron chi connectivity index (χ3n) is 2.51. The highest BCUT2D eigenvalue weighted by molar-refractivity contribution is 6.28. The van der Waals surface area contributed by atoms with Crippen LogP contribution in [0.5, 0.6) is 0 Å². The molecule has 0 saturated heterocycles. The maximum atomic E-state index is 5.61. The normalized spacial score (nSPS) is 16.8. The minimum absolute atomic E-state index is 0.316. The molecule has 1 heterocycles. The molecule has 0 unspecified atom stereocenters. The van der Waals surface area contributed by atoms with Gasteiger partial charge in [-0.25, -0.2) is 9.97 Å². The van der Waals surface area contributed by atoms with E-state index in [9.17, 15) is 0 Å². The van der Waals surface area contributed by atoms with Gasteiger partial charge in [0.1, 0.15) is 0 Å². The number of hydrogen-bond donors (Lipinski definition) is 0. The van der Waals surface area contributed by atoms with Crippen LogP contribution in [0.2, 0.25) is 5.28 Å². The summed E-state index contributed by atoms with van der Waals surface area (Å²) in [6.45, 7) is 0. The average Bonchev–Trinajstić information content (AvgIpc) is 2.23. The molecule has 14 heavy (non-hydrogen) atoms. The van der Waals surface area contributed by atoms with Crippen LogP contribution < -0.4 is 0 Å². The van der Waals surface area contributed by atoms with Gasteiger partial charge in [-0.3, -0.25) is 0 Å². The van der Waals surface area contributed by atoms with E-state index in [1.165, 1.54) is 37.7 Å². The lowest BCUT2D eigenvalue weighted by atomic mass is 9.94. The molecule has 0 bridgehead atoms. The lowest BCUT2D eigenvalue weighted by molar-refractivity contribution is 0.602. The Morgan fingerprint density at radius 1 is 1.07 bits per heavy atom. The SMILES string of the molecule is Clc1ncc(C=C2CCCCC2)cn1. The van der Waals surface area contributed by atoms with Crippen LogP contribution in [0.4, 0.5) is 0 Å². The lowest BCUT2D eigenvalue weighted by Crippen LogP contribution is -1.93. The van der Waals surface area contributed by atoms with Gasteiger partial charge in [-0.05, 0) is 37.3 Å². The molecule has 1 aliphatic rings. The molecule has 1 aromatic heterocycles. The first-order valence-electron chi connectivity index (χ1n) is 5.01. The van der Waals surface area contributed by atoms with Crippen molar-refractivity contribution in [1.82, 2.24) is 9.97 Å². The summed E-state index contributed by atoms with van der Waals surface area (Å²) < 4.78 is 0. The summed E-state index contributed by atoms with van der Waals surface area (Å²) in [6, 6.07) is 0. The van der Waals surface area contributed by atoms with Crippen molar-refractivity contribution in [3.8, 4) is 0 Å². The number of nitrogens with zero attached hydrogens (tertiary/aromatic N) is 2. The van der Waals surface area contributed by atoms with Gasteiger partial charge in [-0.15, -0.1) is 0 Å². The Balaban J connectivity index is 2.11. The van der Waals surface area contributed by atoms with E-state index in [1.54, 1.807) is 12.4 Å². The number of rotatable bonds is 1. The van der Waals surface area contributed by atoms with E-state index >= 15 is 0 Å². The zero-order chi connectivity index (χ0) is 9.80. The van der Waals surface area contributed by atoms with Gasteiger partial charge >= 0.3 is 0 Å². The first kappa shape index (κ1) is 9.66. The standard InChI is InChI=1S/C11H13ClN2/c12-11-13-7-10(8-14-11)6-9-4-2-1-3-5-9/h6-8H,1-5H2. The minimum Gasteiger partial charge on any atom is -0.226 e. The van der Waals surface area contributed by atoms with E-state index in [-0.39, 0.29) is 0 Å². The van der Waals surface area contributed by atoms with Crippen molar-refractivity contribution in [2.45, 2.75) is 32.1 Å². The van der Waals surface area contributed by atoms with Crippen molar-refractivity contribution in [3.05, 3.63) is 28.8 Å². The third-order valence-corrected chi connectivity index (χ3v) is 2.70.